The molecule has 0 fully saturated rings. The second-order valence-electron chi connectivity index (χ2n) is 7.17. The highest BCUT2D eigenvalue weighted by Crippen LogP contribution is 2.17. The molecule has 0 atom stereocenters. The van der Waals surface area contributed by atoms with E-state index >= 15 is 0 Å². The Kier molecular flexibility index (Phi) is 6.84. The maximum absolute atomic E-state index is 12.5. The molecule has 0 saturated carbocycles. The van der Waals surface area contributed by atoms with E-state index in [0.29, 0.717) is 11.1 Å². The lowest BCUT2D eigenvalue weighted by Gasteiger charge is -2.18. The number of benzene rings is 2. The van der Waals surface area contributed by atoms with E-state index in [1.165, 1.54) is 0 Å². The standard InChI is InChI=1S/C23H29N5O2/c1-5-27(6-2)15-17-8-10-18(11-9-17)22(29)25-26-23(30)19-12-13-21-20(14-19)24-16(4)28(21)7-3/h8-14H,5-7,15H2,1-4H3,(H,25,29)(H,26,30). The van der Waals surface area contributed by atoms with Gasteiger partial charge in [-0.25, -0.2) is 4.98 Å². The highest BCUT2D eigenvalue weighted by atomic mass is 16.2. The lowest BCUT2D eigenvalue weighted by Crippen LogP contribution is -2.41. The summed E-state index contributed by atoms with van der Waals surface area (Å²) >= 11 is 0. The molecule has 3 aromatic rings. The maximum atomic E-state index is 12.5. The van der Waals surface area contributed by atoms with Crippen LogP contribution in [0.1, 0.15) is 52.9 Å². The highest BCUT2D eigenvalue weighted by Gasteiger charge is 2.12. The van der Waals surface area contributed by atoms with E-state index in [-0.39, 0.29) is 11.8 Å². The summed E-state index contributed by atoms with van der Waals surface area (Å²) in [5.41, 5.74) is 8.79. The zero-order valence-electron chi connectivity index (χ0n) is 18.0. The second-order valence-corrected chi connectivity index (χ2v) is 7.17. The smallest absolute Gasteiger partial charge is 0.269 e. The molecule has 7 nitrogen and oxygen atoms in total. The molecule has 2 N–H and O–H groups in total. The number of aromatic nitrogens is 2. The SMILES string of the molecule is CCN(CC)Cc1ccc(C(=O)NNC(=O)c2ccc3c(c2)nc(C)n3CC)cc1. The van der Waals surface area contributed by atoms with Crippen molar-refractivity contribution in [3.8, 4) is 0 Å². The summed E-state index contributed by atoms with van der Waals surface area (Å²) in [5, 5.41) is 0. The first-order chi connectivity index (χ1) is 14.5. The van der Waals surface area contributed by atoms with Crippen molar-refractivity contribution in [3.05, 3.63) is 65.0 Å². The predicted octanol–water partition coefficient (Wildman–Crippen LogP) is 3.28. The van der Waals surface area contributed by atoms with Crippen molar-refractivity contribution in [3.63, 3.8) is 0 Å². The van der Waals surface area contributed by atoms with Crippen LogP contribution in [0.25, 0.3) is 11.0 Å². The number of hydrogen-bond donors (Lipinski definition) is 2. The second kappa shape index (κ2) is 9.54. The lowest BCUT2D eigenvalue weighted by atomic mass is 10.1. The van der Waals surface area contributed by atoms with Crippen LogP contribution in [-0.4, -0.2) is 39.4 Å². The minimum atomic E-state index is -0.382. The maximum Gasteiger partial charge on any atom is 0.269 e. The molecule has 0 aliphatic heterocycles. The van der Waals surface area contributed by atoms with Crippen LogP contribution in [0.5, 0.6) is 0 Å². The number of carbonyl (C=O) groups is 2. The number of hydrazine groups is 1. The highest BCUT2D eigenvalue weighted by molar-refractivity contribution is 6.00. The van der Waals surface area contributed by atoms with Gasteiger partial charge in [0.25, 0.3) is 11.8 Å². The Balaban J connectivity index is 1.61. The average Bonchev–Trinajstić information content (AvgIpc) is 3.09. The molecule has 0 aliphatic carbocycles. The van der Waals surface area contributed by atoms with E-state index < -0.39 is 0 Å². The van der Waals surface area contributed by atoms with Crippen molar-refractivity contribution in [1.29, 1.82) is 0 Å². The van der Waals surface area contributed by atoms with E-state index in [4.69, 9.17) is 0 Å². The largest absolute Gasteiger partial charge is 0.329 e. The minimum absolute atomic E-state index is 0.357. The molecule has 0 aliphatic rings. The van der Waals surface area contributed by atoms with Gasteiger partial charge in [-0.05, 0) is 62.8 Å². The summed E-state index contributed by atoms with van der Waals surface area (Å²) < 4.78 is 2.09. The van der Waals surface area contributed by atoms with Crippen molar-refractivity contribution in [2.45, 2.75) is 40.8 Å². The Morgan fingerprint density at radius 3 is 2.13 bits per heavy atom. The average molecular weight is 408 g/mol. The molecule has 3 rings (SSSR count). The fourth-order valence-electron chi connectivity index (χ4n) is 3.52. The summed E-state index contributed by atoms with van der Waals surface area (Å²) in [6.07, 6.45) is 0. The van der Waals surface area contributed by atoms with Gasteiger partial charge in [0.15, 0.2) is 0 Å². The van der Waals surface area contributed by atoms with Crippen LogP contribution in [-0.2, 0) is 13.1 Å². The van der Waals surface area contributed by atoms with Crippen LogP contribution >= 0.6 is 0 Å². The number of fused-ring (bicyclic) bond motifs is 1. The molecule has 0 bridgehead atoms. The quantitative estimate of drug-likeness (QED) is 0.589. The summed E-state index contributed by atoms with van der Waals surface area (Å²) in [7, 11) is 0. The predicted molar refractivity (Wildman–Crippen MR) is 118 cm³/mol. The van der Waals surface area contributed by atoms with E-state index in [1.54, 1.807) is 24.3 Å². The first-order valence-corrected chi connectivity index (χ1v) is 10.4. The Labute approximate surface area is 177 Å². The molecule has 0 spiro atoms. The van der Waals surface area contributed by atoms with Crippen molar-refractivity contribution in [1.82, 2.24) is 25.3 Å². The van der Waals surface area contributed by atoms with Gasteiger partial charge in [0, 0.05) is 24.2 Å². The van der Waals surface area contributed by atoms with Crippen LogP contribution < -0.4 is 10.9 Å². The van der Waals surface area contributed by atoms with Crippen LogP contribution in [0, 0.1) is 6.92 Å². The van der Waals surface area contributed by atoms with E-state index in [0.717, 1.165) is 48.6 Å². The molecule has 2 amide bonds. The molecule has 158 valence electrons. The Hall–Kier alpha value is -3.19. The minimum Gasteiger partial charge on any atom is -0.329 e. The van der Waals surface area contributed by atoms with Crippen molar-refractivity contribution >= 4 is 22.8 Å². The lowest BCUT2D eigenvalue weighted by molar-refractivity contribution is 0.0846. The molecule has 1 heterocycles. The van der Waals surface area contributed by atoms with Crippen molar-refractivity contribution in [2.75, 3.05) is 13.1 Å². The van der Waals surface area contributed by atoms with Crippen molar-refractivity contribution < 1.29 is 9.59 Å². The van der Waals surface area contributed by atoms with Gasteiger partial charge >= 0.3 is 0 Å². The van der Waals surface area contributed by atoms with Crippen LogP contribution in [0.15, 0.2) is 42.5 Å². The van der Waals surface area contributed by atoms with Gasteiger partial charge in [0.2, 0.25) is 0 Å². The fraction of sp³-hybridized carbons (Fsp3) is 0.348. The summed E-state index contributed by atoms with van der Waals surface area (Å²) in [4.78, 5) is 31.6. The van der Waals surface area contributed by atoms with Gasteiger partial charge < -0.3 is 4.57 Å². The zero-order chi connectivity index (χ0) is 21.7. The first kappa shape index (κ1) is 21.5. The summed E-state index contributed by atoms with van der Waals surface area (Å²) in [6, 6.07) is 12.8. The molecule has 0 saturated heterocycles. The molecule has 7 heteroatoms. The molecular weight excluding hydrogens is 378 g/mol. The Morgan fingerprint density at radius 2 is 1.53 bits per heavy atom. The Bertz CT molecular complexity index is 1040. The number of carbonyl (C=O) groups excluding carboxylic acids is 2. The molecule has 30 heavy (non-hydrogen) atoms. The van der Waals surface area contributed by atoms with Gasteiger partial charge in [0.05, 0.1) is 11.0 Å². The zero-order valence-corrected chi connectivity index (χ0v) is 18.0. The Morgan fingerprint density at radius 1 is 0.933 bits per heavy atom. The number of nitrogens with one attached hydrogen (secondary N) is 2. The monoisotopic (exact) mass is 407 g/mol. The van der Waals surface area contributed by atoms with Gasteiger partial charge in [-0.15, -0.1) is 0 Å². The third-order valence-corrected chi connectivity index (χ3v) is 5.32. The molecular formula is C23H29N5O2. The number of amides is 2. The van der Waals surface area contributed by atoms with Crippen LogP contribution in [0.3, 0.4) is 0 Å². The van der Waals surface area contributed by atoms with Gasteiger partial charge in [-0.2, -0.15) is 0 Å². The summed E-state index contributed by atoms with van der Waals surface area (Å²) in [6.45, 7) is 11.9. The van der Waals surface area contributed by atoms with Gasteiger partial charge in [0.1, 0.15) is 5.82 Å². The molecule has 1 aromatic heterocycles. The number of aryl methyl sites for hydroxylation is 2. The number of hydrogen-bond acceptors (Lipinski definition) is 4. The van der Waals surface area contributed by atoms with Crippen LogP contribution in [0.4, 0.5) is 0 Å². The first-order valence-electron chi connectivity index (χ1n) is 10.4. The normalized spacial score (nSPS) is 11.1. The van der Waals surface area contributed by atoms with E-state index in [1.807, 2.05) is 25.1 Å². The van der Waals surface area contributed by atoms with Crippen LogP contribution in [0.2, 0.25) is 0 Å². The number of imidazole rings is 1. The number of nitrogens with zero attached hydrogens (tertiary/aromatic N) is 3. The topological polar surface area (TPSA) is 79.3 Å². The van der Waals surface area contributed by atoms with Gasteiger partial charge in [-0.1, -0.05) is 26.0 Å². The van der Waals surface area contributed by atoms with Crippen molar-refractivity contribution in [2.24, 2.45) is 0 Å². The molecule has 0 unspecified atom stereocenters. The molecule has 2 aromatic carbocycles. The van der Waals surface area contributed by atoms with Gasteiger partial charge in [-0.3, -0.25) is 25.3 Å². The third kappa shape index (κ3) is 4.68. The van der Waals surface area contributed by atoms with E-state index in [9.17, 15) is 9.59 Å². The fourth-order valence-corrected chi connectivity index (χ4v) is 3.52. The third-order valence-electron chi connectivity index (χ3n) is 5.32. The summed E-state index contributed by atoms with van der Waals surface area (Å²) in [5.74, 6) is 0.167. The number of rotatable bonds is 7. The molecule has 0 radical (unpaired) electrons. The van der Waals surface area contributed by atoms with E-state index in [2.05, 4.69) is 46.1 Å².